The highest BCUT2D eigenvalue weighted by atomic mass is 35.5. The van der Waals surface area contributed by atoms with Crippen LogP contribution in [0.4, 0.5) is 11.4 Å². The van der Waals surface area contributed by atoms with Crippen molar-refractivity contribution in [3.05, 3.63) is 57.6 Å². The fraction of sp³-hybridized carbons (Fsp3) is 0.263. The van der Waals surface area contributed by atoms with Crippen LogP contribution in [-0.2, 0) is 9.59 Å². The van der Waals surface area contributed by atoms with E-state index in [-0.39, 0.29) is 24.8 Å². The number of carbonyl (C=O) groups excluding carboxylic acids is 2. The molecular weight excluding hydrogens is 359 g/mol. The third-order valence-electron chi connectivity index (χ3n) is 4.33. The molecule has 2 amide bonds. The topological polar surface area (TPSA) is 49.4 Å². The Hall–Kier alpha value is -2.04. The molecule has 1 heterocycles. The molecule has 0 bridgehead atoms. The van der Waals surface area contributed by atoms with Crippen LogP contribution in [0.2, 0.25) is 10.0 Å². The summed E-state index contributed by atoms with van der Waals surface area (Å²) in [6.07, 6.45) is 0.152. The summed E-state index contributed by atoms with van der Waals surface area (Å²) in [4.78, 5) is 26.5. The fourth-order valence-electron chi connectivity index (χ4n) is 3.00. The van der Waals surface area contributed by atoms with Crippen molar-refractivity contribution < 1.29 is 9.59 Å². The number of rotatable bonds is 3. The molecule has 1 unspecified atom stereocenters. The maximum Gasteiger partial charge on any atom is 0.229 e. The Labute approximate surface area is 156 Å². The van der Waals surface area contributed by atoms with Gasteiger partial charge >= 0.3 is 0 Å². The van der Waals surface area contributed by atoms with E-state index in [0.717, 1.165) is 16.8 Å². The molecule has 2 aromatic rings. The molecule has 25 heavy (non-hydrogen) atoms. The third kappa shape index (κ3) is 3.80. The Balaban J connectivity index is 1.75. The van der Waals surface area contributed by atoms with E-state index < -0.39 is 5.92 Å². The molecule has 4 nitrogen and oxygen atoms in total. The lowest BCUT2D eigenvalue weighted by Crippen LogP contribution is -2.28. The average Bonchev–Trinajstić information content (AvgIpc) is 2.94. The van der Waals surface area contributed by atoms with Crippen LogP contribution >= 0.6 is 23.2 Å². The Morgan fingerprint density at radius 2 is 1.92 bits per heavy atom. The number of amides is 2. The lowest BCUT2D eigenvalue weighted by Gasteiger charge is -2.18. The Morgan fingerprint density at radius 1 is 1.16 bits per heavy atom. The lowest BCUT2D eigenvalue weighted by molar-refractivity contribution is -0.122. The van der Waals surface area contributed by atoms with Crippen LogP contribution in [0.15, 0.2) is 36.4 Å². The second kappa shape index (κ2) is 7.06. The van der Waals surface area contributed by atoms with Gasteiger partial charge < -0.3 is 10.2 Å². The van der Waals surface area contributed by atoms with Crippen LogP contribution in [0.25, 0.3) is 0 Å². The highest BCUT2D eigenvalue weighted by Gasteiger charge is 2.36. The summed E-state index contributed by atoms with van der Waals surface area (Å²) in [6, 6.07) is 10.8. The van der Waals surface area contributed by atoms with Crippen LogP contribution in [0.3, 0.4) is 0 Å². The lowest BCUT2D eigenvalue weighted by atomic mass is 10.1. The molecule has 0 aromatic heterocycles. The first-order valence-corrected chi connectivity index (χ1v) is 8.74. The van der Waals surface area contributed by atoms with Gasteiger partial charge in [0.2, 0.25) is 11.8 Å². The minimum absolute atomic E-state index is 0.134. The van der Waals surface area contributed by atoms with Gasteiger partial charge in [0.15, 0.2) is 0 Å². The number of nitrogens with one attached hydrogen (secondary N) is 1. The minimum atomic E-state index is -0.428. The van der Waals surface area contributed by atoms with E-state index in [0.29, 0.717) is 15.7 Å². The second-order valence-corrected chi connectivity index (χ2v) is 7.15. The first-order valence-electron chi connectivity index (χ1n) is 7.98. The number of benzene rings is 2. The molecular formula is C19H18Cl2N2O2. The molecule has 0 aliphatic carbocycles. The van der Waals surface area contributed by atoms with Crippen molar-refractivity contribution in [2.75, 3.05) is 16.8 Å². The van der Waals surface area contributed by atoms with Crippen LogP contribution < -0.4 is 10.2 Å². The predicted molar refractivity (Wildman–Crippen MR) is 101 cm³/mol. The number of anilines is 2. The van der Waals surface area contributed by atoms with Crippen molar-refractivity contribution >= 4 is 46.4 Å². The average molecular weight is 377 g/mol. The zero-order valence-electron chi connectivity index (χ0n) is 14.0. The highest BCUT2D eigenvalue weighted by molar-refractivity contribution is 6.36. The maximum atomic E-state index is 12.6. The van der Waals surface area contributed by atoms with Gasteiger partial charge in [-0.1, -0.05) is 40.9 Å². The van der Waals surface area contributed by atoms with E-state index in [2.05, 4.69) is 5.32 Å². The van der Waals surface area contributed by atoms with Crippen molar-refractivity contribution in [1.29, 1.82) is 0 Å². The molecule has 2 aromatic carbocycles. The van der Waals surface area contributed by atoms with E-state index >= 15 is 0 Å². The number of hydrogen-bond acceptors (Lipinski definition) is 2. The van der Waals surface area contributed by atoms with Crippen molar-refractivity contribution in [1.82, 2.24) is 0 Å². The summed E-state index contributed by atoms with van der Waals surface area (Å²) in [5, 5.41) is 3.85. The molecule has 3 rings (SSSR count). The third-order valence-corrected chi connectivity index (χ3v) is 4.89. The molecule has 1 saturated heterocycles. The van der Waals surface area contributed by atoms with Gasteiger partial charge in [-0.25, -0.2) is 0 Å². The minimum Gasteiger partial charge on any atom is -0.326 e. The molecule has 130 valence electrons. The van der Waals surface area contributed by atoms with Gasteiger partial charge in [-0.2, -0.15) is 0 Å². The second-order valence-electron chi connectivity index (χ2n) is 6.31. The van der Waals surface area contributed by atoms with Gasteiger partial charge in [-0.15, -0.1) is 0 Å². The smallest absolute Gasteiger partial charge is 0.229 e. The number of carbonyl (C=O) groups is 2. The molecule has 1 aliphatic heterocycles. The zero-order valence-corrected chi connectivity index (χ0v) is 15.5. The standard InChI is InChI=1S/C19H18Cl2N2O2/c1-11-3-6-16(12(2)7-11)22-19(25)13-8-18(24)23(10-13)17-9-14(20)4-5-15(17)21/h3-7,9,13H,8,10H2,1-2H3,(H,22,25). The van der Waals surface area contributed by atoms with Crippen molar-refractivity contribution in [2.24, 2.45) is 5.92 Å². The van der Waals surface area contributed by atoms with Gasteiger partial charge in [0, 0.05) is 23.7 Å². The molecule has 0 radical (unpaired) electrons. The number of halogens is 2. The summed E-state index contributed by atoms with van der Waals surface area (Å²) >= 11 is 12.2. The Morgan fingerprint density at radius 3 is 2.64 bits per heavy atom. The van der Waals surface area contributed by atoms with Crippen LogP contribution in [0, 0.1) is 19.8 Å². The summed E-state index contributed by atoms with van der Waals surface area (Å²) in [7, 11) is 0. The first kappa shape index (κ1) is 17.8. The summed E-state index contributed by atoms with van der Waals surface area (Å²) < 4.78 is 0. The van der Waals surface area contributed by atoms with Crippen LogP contribution in [-0.4, -0.2) is 18.4 Å². The monoisotopic (exact) mass is 376 g/mol. The fourth-order valence-corrected chi connectivity index (χ4v) is 3.38. The van der Waals surface area contributed by atoms with Crippen LogP contribution in [0.5, 0.6) is 0 Å². The van der Waals surface area contributed by atoms with Gasteiger partial charge in [0.05, 0.1) is 16.6 Å². The SMILES string of the molecule is Cc1ccc(NC(=O)C2CC(=O)N(c3cc(Cl)ccc3Cl)C2)c(C)c1. The van der Waals surface area contributed by atoms with E-state index in [9.17, 15) is 9.59 Å². The van der Waals surface area contributed by atoms with Crippen molar-refractivity contribution in [3.63, 3.8) is 0 Å². The van der Waals surface area contributed by atoms with E-state index in [1.165, 1.54) is 4.90 Å². The summed E-state index contributed by atoms with van der Waals surface area (Å²) in [5.41, 5.74) is 3.43. The molecule has 0 spiro atoms. The van der Waals surface area contributed by atoms with E-state index in [4.69, 9.17) is 23.2 Å². The largest absolute Gasteiger partial charge is 0.326 e. The van der Waals surface area contributed by atoms with Gasteiger partial charge in [-0.05, 0) is 43.7 Å². The molecule has 1 aliphatic rings. The molecule has 1 atom stereocenters. The Kier molecular flexibility index (Phi) is 5.02. The van der Waals surface area contributed by atoms with Gasteiger partial charge in [-0.3, -0.25) is 9.59 Å². The summed E-state index contributed by atoms with van der Waals surface area (Å²) in [5.74, 6) is -0.728. The zero-order chi connectivity index (χ0) is 18.1. The molecule has 0 saturated carbocycles. The quantitative estimate of drug-likeness (QED) is 0.850. The number of hydrogen-bond donors (Lipinski definition) is 1. The Bertz CT molecular complexity index is 851. The summed E-state index contributed by atoms with van der Waals surface area (Å²) in [6.45, 7) is 4.23. The van der Waals surface area contributed by atoms with Crippen molar-refractivity contribution in [3.8, 4) is 0 Å². The first-order chi connectivity index (χ1) is 11.8. The number of aryl methyl sites for hydroxylation is 2. The maximum absolute atomic E-state index is 12.6. The van der Waals surface area contributed by atoms with Gasteiger partial charge in [0.25, 0.3) is 0 Å². The van der Waals surface area contributed by atoms with Crippen LogP contribution in [0.1, 0.15) is 17.5 Å². The highest BCUT2D eigenvalue weighted by Crippen LogP contribution is 2.33. The van der Waals surface area contributed by atoms with E-state index in [1.807, 2.05) is 32.0 Å². The van der Waals surface area contributed by atoms with Crippen molar-refractivity contribution in [2.45, 2.75) is 20.3 Å². The molecule has 1 N–H and O–H groups in total. The number of nitrogens with zero attached hydrogens (tertiary/aromatic N) is 1. The normalized spacial score (nSPS) is 17.0. The molecule has 1 fully saturated rings. The van der Waals surface area contributed by atoms with Gasteiger partial charge in [0.1, 0.15) is 0 Å². The molecule has 6 heteroatoms. The predicted octanol–water partition coefficient (Wildman–Crippen LogP) is 4.60. The van der Waals surface area contributed by atoms with E-state index in [1.54, 1.807) is 18.2 Å².